The van der Waals surface area contributed by atoms with E-state index < -0.39 is 0 Å². The van der Waals surface area contributed by atoms with Gasteiger partial charge < -0.3 is 5.32 Å². The first kappa shape index (κ1) is 13.9. The Morgan fingerprint density at radius 1 is 1.29 bits per heavy atom. The highest BCUT2D eigenvalue weighted by atomic mass is 79.9. The first-order valence-corrected chi connectivity index (χ1v) is 9.31. The lowest BCUT2D eigenvalue weighted by molar-refractivity contribution is 0.688. The number of rotatable bonds is 5. The fraction of sp³-hybridized carbons (Fsp3) is 0.471. The summed E-state index contributed by atoms with van der Waals surface area (Å²) in [6.07, 6.45) is 5.31. The van der Waals surface area contributed by atoms with Crippen LogP contribution in [0, 0.1) is 6.92 Å². The van der Waals surface area contributed by atoms with Gasteiger partial charge in [-0.3, -0.25) is 0 Å². The molecule has 1 aromatic carbocycles. The standard InChI is InChI=1S/C17H19BrN2S/c1-10-2-7-13(14(18)8-10)17-20-16(11-3-4-11)15(21-17)9-19-12-5-6-12/h2,7-8,11-12,19H,3-6,9H2,1H3. The maximum atomic E-state index is 4.98. The minimum absolute atomic E-state index is 0.718. The maximum absolute atomic E-state index is 4.98. The van der Waals surface area contributed by atoms with Gasteiger partial charge in [-0.15, -0.1) is 11.3 Å². The van der Waals surface area contributed by atoms with Crippen molar-refractivity contribution >= 4 is 27.3 Å². The summed E-state index contributed by atoms with van der Waals surface area (Å²) >= 11 is 5.56. The van der Waals surface area contributed by atoms with Gasteiger partial charge in [-0.2, -0.15) is 0 Å². The minimum atomic E-state index is 0.718. The molecule has 0 radical (unpaired) electrons. The Morgan fingerprint density at radius 2 is 2.10 bits per heavy atom. The lowest BCUT2D eigenvalue weighted by Gasteiger charge is -2.02. The molecule has 2 saturated carbocycles. The van der Waals surface area contributed by atoms with E-state index >= 15 is 0 Å². The van der Waals surface area contributed by atoms with Gasteiger partial charge in [0.2, 0.25) is 0 Å². The van der Waals surface area contributed by atoms with Crippen molar-refractivity contribution in [2.75, 3.05) is 0 Å². The maximum Gasteiger partial charge on any atom is 0.125 e. The number of hydrogen-bond acceptors (Lipinski definition) is 3. The molecule has 1 heterocycles. The molecule has 0 aliphatic heterocycles. The fourth-order valence-electron chi connectivity index (χ4n) is 2.60. The first-order valence-electron chi connectivity index (χ1n) is 7.70. The Morgan fingerprint density at radius 3 is 2.76 bits per heavy atom. The third-order valence-corrected chi connectivity index (χ3v) is 5.94. The van der Waals surface area contributed by atoms with Crippen molar-refractivity contribution in [3.05, 3.63) is 38.8 Å². The summed E-state index contributed by atoms with van der Waals surface area (Å²) in [4.78, 5) is 6.43. The van der Waals surface area contributed by atoms with Crippen molar-refractivity contribution < 1.29 is 0 Å². The van der Waals surface area contributed by atoms with Crippen LogP contribution in [0.2, 0.25) is 0 Å². The second-order valence-electron chi connectivity index (χ2n) is 6.24. The second-order valence-corrected chi connectivity index (χ2v) is 8.18. The molecular formula is C17H19BrN2S. The monoisotopic (exact) mass is 362 g/mol. The third-order valence-electron chi connectivity index (χ3n) is 4.18. The van der Waals surface area contributed by atoms with Crippen molar-refractivity contribution in [2.45, 2.75) is 51.1 Å². The van der Waals surface area contributed by atoms with Crippen LogP contribution in [0.4, 0.5) is 0 Å². The summed E-state index contributed by atoms with van der Waals surface area (Å²) in [6, 6.07) is 7.29. The van der Waals surface area contributed by atoms with E-state index in [1.54, 1.807) is 0 Å². The zero-order valence-corrected chi connectivity index (χ0v) is 14.6. The molecule has 0 bridgehead atoms. The lowest BCUT2D eigenvalue weighted by atomic mass is 10.1. The van der Waals surface area contributed by atoms with Gasteiger partial charge >= 0.3 is 0 Å². The molecule has 2 fully saturated rings. The van der Waals surface area contributed by atoms with E-state index in [-0.39, 0.29) is 0 Å². The predicted octanol–water partition coefficient (Wildman–Crippen LogP) is 5.01. The van der Waals surface area contributed by atoms with E-state index in [9.17, 15) is 0 Å². The van der Waals surface area contributed by atoms with Crippen LogP contribution in [0.25, 0.3) is 10.6 Å². The van der Waals surface area contributed by atoms with Gasteiger partial charge in [-0.1, -0.05) is 28.1 Å². The number of benzene rings is 1. The van der Waals surface area contributed by atoms with Crippen molar-refractivity contribution in [3.63, 3.8) is 0 Å². The molecule has 2 aliphatic rings. The zero-order chi connectivity index (χ0) is 14.4. The topological polar surface area (TPSA) is 24.9 Å². The van der Waals surface area contributed by atoms with Crippen LogP contribution >= 0.6 is 27.3 Å². The number of aryl methyl sites for hydroxylation is 1. The van der Waals surface area contributed by atoms with E-state index in [4.69, 9.17) is 4.98 Å². The van der Waals surface area contributed by atoms with E-state index in [1.165, 1.54) is 47.4 Å². The molecule has 0 atom stereocenters. The van der Waals surface area contributed by atoms with Gasteiger partial charge in [0, 0.05) is 33.4 Å². The summed E-state index contributed by atoms with van der Waals surface area (Å²) < 4.78 is 1.15. The molecule has 21 heavy (non-hydrogen) atoms. The average Bonchev–Trinajstić information content (AvgIpc) is 3.36. The number of nitrogens with one attached hydrogen (secondary N) is 1. The van der Waals surface area contributed by atoms with Crippen LogP contribution in [0.3, 0.4) is 0 Å². The van der Waals surface area contributed by atoms with E-state index in [0.717, 1.165) is 28.0 Å². The molecule has 0 spiro atoms. The predicted molar refractivity (Wildman–Crippen MR) is 91.8 cm³/mol. The lowest BCUT2D eigenvalue weighted by Crippen LogP contribution is -2.15. The van der Waals surface area contributed by atoms with E-state index in [1.807, 2.05) is 11.3 Å². The van der Waals surface area contributed by atoms with Crippen molar-refractivity contribution in [3.8, 4) is 10.6 Å². The number of halogens is 1. The normalized spacial score (nSPS) is 18.2. The summed E-state index contributed by atoms with van der Waals surface area (Å²) in [5, 5.41) is 4.81. The van der Waals surface area contributed by atoms with Crippen LogP contribution in [-0.4, -0.2) is 11.0 Å². The molecule has 2 nitrogen and oxygen atoms in total. The Kier molecular flexibility index (Phi) is 3.64. The number of nitrogens with zero attached hydrogens (tertiary/aromatic N) is 1. The van der Waals surface area contributed by atoms with Gasteiger partial charge in [-0.25, -0.2) is 4.98 Å². The van der Waals surface area contributed by atoms with Crippen LogP contribution in [-0.2, 0) is 6.54 Å². The van der Waals surface area contributed by atoms with Crippen molar-refractivity contribution in [2.24, 2.45) is 0 Å². The molecule has 1 aromatic heterocycles. The average molecular weight is 363 g/mol. The zero-order valence-electron chi connectivity index (χ0n) is 12.2. The Labute approximate surface area is 138 Å². The van der Waals surface area contributed by atoms with Crippen LogP contribution in [0.1, 0.15) is 47.7 Å². The Bertz CT molecular complexity index is 671. The Balaban J connectivity index is 1.66. The fourth-order valence-corrected chi connectivity index (χ4v) is 4.55. The van der Waals surface area contributed by atoms with Crippen LogP contribution in [0.5, 0.6) is 0 Å². The SMILES string of the molecule is Cc1ccc(-c2nc(C3CC3)c(CNC3CC3)s2)c(Br)c1. The molecule has 0 unspecified atom stereocenters. The molecule has 2 aliphatic carbocycles. The molecule has 1 N–H and O–H groups in total. The summed E-state index contributed by atoms with van der Waals surface area (Å²) in [7, 11) is 0. The largest absolute Gasteiger partial charge is 0.309 e. The summed E-state index contributed by atoms with van der Waals surface area (Å²) in [5.41, 5.74) is 3.86. The molecule has 110 valence electrons. The second kappa shape index (κ2) is 5.49. The van der Waals surface area contributed by atoms with Crippen LogP contribution < -0.4 is 5.32 Å². The van der Waals surface area contributed by atoms with Gasteiger partial charge in [0.1, 0.15) is 5.01 Å². The number of aromatic nitrogens is 1. The number of thiazole rings is 1. The van der Waals surface area contributed by atoms with Gasteiger partial charge in [0.15, 0.2) is 0 Å². The summed E-state index contributed by atoms with van der Waals surface area (Å²) in [5.74, 6) is 0.718. The number of hydrogen-bond donors (Lipinski definition) is 1. The van der Waals surface area contributed by atoms with Gasteiger partial charge in [0.25, 0.3) is 0 Å². The molecule has 4 rings (SSSR count). The summed E-state index contributed by atoms with van der Waals surface area (Å²) in [6.45, 7) is 3.12. The molecular weight excluding hydrogens is 344 g/mol. The highest BCUT2D eigenvalue weighted by molar-refractivity contribution is 9.10. The highest BCUT2D eigenvalue weighted by Gasteiger charge is 2.30. The molecule has 0 amide bonds. The first-order chi connectivity index (χ1) is 10.2. The van der Waals surface area contributed by atoms with Crippen molar-refractivity contribution in [1.29, 1.82) is 0 Å². The van der Waals surface area contributed by atoms with Gasteiger partial charge in [0.05, 0.1) is 5.69 Å². The van der Waals surface area contributed by atoms with Crippen LogP contribution in [0.15, 0.2) is 22.7 Å². The molecule has 2 aromatic rings. The van der Waals surface area contributed by atoms with Crippen molar-refractivity contribution in [1.82, 2.24) is 10.3 Å². The smallest absolute Gasteiger partial charge is 0.125 e. The molecule has 4 heteroatoms. The molecule has 0 saturated heterocycles. The highest BCUT2D eigenvalue weighted by Crippen LogP contribution is 2.45. The Hall–Kier alpha value is -0.710. The van der Waals surface area contributed by atoms with Gasteiger partial charge in [-0.05, 0) is 44.2 Å². The quantitative estimate of drug-likeness (QED) is 0.808. The minimum Gasteiger partial charge on any atom is -0.309 e. The van der Waals surface area contributed by atoms with E-state index in [2.05, 4.69) is 46.4 Å². The third kappa shape index (κ3) is 3.08. The van der Waals surface area contributed by atoms with E-state index in [0.29, 0.717) is 0 Å².